The van der Waals surface area contributed by atoms with Gasteiger partial charge in [-0.2, -0.15) is 5.26 Å². The Balaban J connectivity index is 1.38. The molecular formula is C25H22N6O3S. The van der Waals surface area contributed by atoms with Crippen molar-refractivity contribution < 1.29 is 14.3 Å². The van der Waals surface area contributed by atoms with E-state index in [0.717, 1.165) is 36.6 Å². The van der Waals surface area contributed by atoms with Crippen molar-refractivity contribution in [2.24, 2.45) is 0 Å². The smallest absolute Gasteiger partial charge is 0.257 e. The van der Waals surface area contributed by atoms with Crippen LogP contribution in [0.25, 0.3) is 11.4 Å². The molecule has 2 aromatic heterocycles. The third-order valence-corrected chi connectivity index (χ3v) is 6.16. The van der Waals surface area contributed by atoms with E-state index in [1.54, 1.807) is 36.7 Å². The number of carbonyl (C=O) groups excluding carboxylic acids is 1. The molecule has 1 amide bonds. The van der Waals surface area contributed by atoms with Crippen molar-refractivity contribution in [3.63, 3.8) is 0 Å². The molecule has 1 atom stereocenters. The molecule has 0 spiro atoms. The number of nitrogens with one attached hydrogen (secondary N) is 1. The van der Waals surface area contributed by atoms with Crippen LogP contribution in [0.2, 0.25) is 0 Å². The number of ether oxygens (including phenoxy) is 2. The average Bonchev–Trinajstić information content (AvgIpc) is 3.59. The number of aromatic nitrogens is 4. The third kappa shape index (κ3) is 5.15. The molecule has 9 nitrogen and oxygen atoms in total. The van der Waals surface area contributed by atoms with E-state index in [1.165, 1.54) is 11.3 Å². The Morgan fingerprint density at radius 3 is 2.80 bits per heavy atom. The summed E-state index contributed by atoms with van der Waals surface area (Å²) >= 11 is 1.33. The van der Waals surface area contributed by atoms with E-state index in [9.17, 15) is 4.79 Å². The van der Waals surface area contributed by atoms with Crippen LogP contribution < -0.4 is 14.8 Å². The zero-order valence-corrected chi connectivity index (χ0v) is 19.8. The highest BCUT2D eigenvalue weighted by atomic mass is 32.1. The minimum atomic E-state index is -0.339. The van der Waals surface area contributed by atoms with E-state index in [2.05, 4.69) is 31.1 Å². The number of carbonyl (C=O) groups is 1. The molecule has 3 heterocycles. The van der Waals surface area contributed by atoms with E-state index >= 15 is 0 Å². The van der Waals surface area contributed by atoms with Crippen LogP contribution in [0.1, 0.15) is 35.9 Å². The van der Waals surface area contributed by atoms with Gasteiger partial charge in [0, 0.05) is 41.7 Å². The molecule has 0 saturated carbocycles. The number of nitriles is 1. The van der Waals surface area contributed by atoms with Crippen molar-refractivity contribution in [3.05, 3.63) is 65.4 Å². The molecule has 176 valence electrons. The highest BCUT2D eigenvalue weighted by Crippen LogP contribution is 2.31. The molecule has 0 radical (unpaired) electrons. The monoisotopic (exact) mass is 486 g/mol. The Bertz CT molecular complexity index is 1380. The van der Waals surface area contributed by atoms with E-state index in [0.29, 0.717) is 27.9 Å². The molecule has 5 rings (SSSR count). The van der Waals surface area contributed by atoms with Gasteiger partial charge >= 0.3 is 0 Å². The number of amides is 1. The molecule has 1 aliphatic heterocycles. The summed E-state index contributed by atoms with van der Waals surface area (Å²) in [7, 11) is 0. The summed E-state index contributed by atoms with van der Waals surface area (Å²) in [4.78, 5) is 16.9. The zero-order chi connectivity index (χ0) is 24.2. The van der Waals surface area contributed by atoms with Crippen LogP contribution in [-0.2, 0) is 13.0 Å². The number of hydrogen-bond donors (Lipinski definition) is 1. The molecule has 2 aromatic carbocycles. The lowest BCUT2D eigenvalue weighted by atomic mass is 10.1. The molecule has 0 aliphatic carbocycles. The normalized spacial score (nSPS) is 13.0. The Morgan fingerprint density at radius 1 is 1.20 bits per heavy atom. The Labute approximate surface area is 206 Å². The molecule has 0 fully saturated rings. The van der Waals surface area contributed by atoms with Crippen LogP contribution in [0.5, 0.6) is 17.2 Å². The van der Waals surface area contributed by atoms with Crippen LogP contribution in [0.3, 0.4) is 0 Å². The van der Waals surface area contributed by atoms with Gasteiger partial charge in [-0.15, -0.1) is 21.5 Å². The number of aryl methyl sites for hydroxylation is 1. The summed E-state index contributed by atoms with van der Waals surface area (Å²) in [5.41, 5.74) is 1.32. The maximum absolute atomic E-state index is 12.8. The Kier molecular flexibility index (Phi) is 6.41. The lowest BCUT2D eigenvalue weighted by Crippen LogP contribution is -2.14. The van der Waals surface area contributed by atoms with Gasteiger partial charge in [-0.1, -0.05) is 0 Å². The minimum absolute atomic E-state index is 0.222. The quantitative estimate of drug-likeness (QED) is 0.369. The van der Waals surface area contributed by atoms with E-state index in [4.69, 9.17) is 14.7 Å². The van der Waals surface area contributed by atoms with Crippen LogP contribution in [0, 0.1) is 11.3 Å². The molecule has 35 heavy (non-hydrogen) atoms. The Morgan fingerprint density at radius 2 is 2.03 bits per heavy atom. The summed E-state index contributed by atoms with van der Waals surface area (Å²) in [6, 6.07) is 14.6. The zero-order valence-electron chi connectivity index (χ0n) is 19.0. The van der Waals surface area contributed by atoms with Crippen molar-refractivity contribution in [2.45, 2.75) is 38.8 Å². The second-order valence-electron chi connectivity index (χ2n) is 8.10. The molecule has 4 aromatic rings. The maximum Gasteiger partial charge on any atom is 0.257 e. The van der Waals surface area contributed by atoms with Crippen molar-refractivity contribution in [1.82, 2.24) is 19.7 Å². The predicted octanol–water partition coefficient (Wildman–Crippen LogP) is 5.07. The molecule has 0 bridgehead atoms. The molecule has 0 saturated heterocycles. The summed E-state index contributed by atoms with van der Waals surface area (Å²) in [5, 5.41) is 22.6. The van der Waals surface area contributed by atoms with E-state index in [-0.39, 0.29) is 18.4 Å². The van der Waals surface area contributed by atoms with Gasteiger partial charge in [-0.3, -0.25) is 10.1 Å². The highest BCUT2D eigenvalue weighted by Gasteiger charge is 2.18. The first kappa shape index (κ1) is 22.6. The van der Waals surface area contributed by atoms with Crippen LogP contribution in [0.15, 0.2) is 54.0 Å². The average molecular weight is 487 g/mol. The number of rotatable bonds is 8. The molecule has 10 heteroatoms. The van der Waals surface area contributed by atoms with Gasteiger partial charge in [-0.05, 0) is 49.7 Å². The van der Waals surface area contributed by atoms with Crippen molar-refractivity contribution in [3.8, 4) is 34.7 Å². The lowest BCUT2D eigenvalue weighted by molar-refractivity contribution is 0.102. The van der Waals surface area contributed by atoms with Crippen LogP contribution in [-0.4, -0.2) is 31.8 Å². The number of anilines is 1. The molecule has 1 unspecified atom stereocenters. The number of nitrogens with zero attached hydrogens (tertiary/aromatic N) is 5. The second kappa shape index (κ2) is 9.95. The fraction of sp³-hybridized carbons (Fsp3) is 0.240. The number of hydrogen-bond acceptors (Lipinski definition) is 8. The topological polar surface area (TPSA) is 115 Å². The van der Waals surface area contributed by atoms with Gasteiger partial charge in [0.05, 0.1) is 12.5 Å². The largest absolute Gasteiger partial charge is 0.489 e. The standard InChI is InChI=1S/C25H22N6O3S/c1-16(8-9-26)33-20-13-18(24(32)28-25-27-10-12-35-25)14-21(15-20)34-19-6-4-17(5-7-19)23-30-29-22-3-2-11-31(22)23/h4-7,10,12-16H,2-3,8,11H2,1H3,(H,27,28,32). The summed E-state index contributed by atoms with van der Waals surface area (Å²) < 4.78 is 14.1. The van der Waals surface area contributed by atoms with Gasteiger partial charge in [0.2, 0.25) is 0 Å². The van der Waals surface area contributed by atoms with Crippen LogP contribution >= 0.6 is 11.3 Å². The van der Waals surface area contributed by atoms with Gasteiger partial charge in [-0.25, -0.2) is 4.98 Å². The van der Waals surface area contributed by atoms with Crippen molar-refractivity contribution in [1.29, 1.82) is 5.26 Å². The number of thiazole rings is 1. The summed E-state index contributed by atoms with van der Waals surface area (Å²) in [5.74, 6) is 3.01. The van der Waals surface area contributed by atoms with E-state index in [1.807, 2.05) is 24.3 Å². The summed E-state index contributed by atoms with van der Waals surface area (Å²) in [6.07, 6.45) is 3.55. The fourth-order valence-corrected chi connectivity index (χ4v) is 4.38. The second-order valence-corrected chi connectivity index (χ2v) is 8.99. The van der Waals surface area contributed by atoms with Gasteiger partial charge in [0.1, 0.15) is 29.2 Å². The highest BCUT2D eigenvalue weighted by molar-refractivity contribution is 7.13. The molecular weight excluding hydrogens is 464 g/mol. The predicted molar refractivity (Wildman–Crippen MR) is 131 cm³/mol. The number of fused-ring (bicyclic) bond motifs is 1. The first-order chi connectivity index (χ1) is 17.1. The first-order valence-corrected chi connectivity index (χ1v) is 12.1. The van der Waals surface area contributed by atoms with Crippen molar-refractivity contribution in [2.75, 3.05) is 5.32 Å². The fourth-order valence-electron chi connectivity index (χ4n) is 3.86. The minimum Gasteiger partial charge on any atom is -0.489 e. The molecule has 1 N–H and O–H groups in total. The lowest BCUT2D eigenvalue weighted by Gasteiger charge is -2.15. The summed E-state index contributed by atoms with van der Waals surface area (Å²) in [6.45, 7) is 2.73. The maximum atomic E-state index is 12.8. The SMILES string of the molecule is CC(CC#N)Oc1cc(Oc2ccc(-c3nnc4n3CCC4)cc2)cc(C(=O)Nc2nccs2)c1. The number of benzene rings is 2. The van der Waals surface area contributed by atoms with Crippen LogP contribution in [0.4, 0.5) is 5.13 Å². The van der Waals surface area contributed by atoms with Gasteiger partial charge in [0.15, 0.2) is 11.0 Å². The van der Waals surface area contributed by atoms with Gasteiger partial charge < -0.3 is 14.0 Å². The Hall–Kier alpha value is -4.23. The first-order valence-electron chi connectivity index (χ1n) is 11.2. The van der Waals surface area contributed by atoms with Gasteiger partial charge in [0.25, 0.3) is 5.91 Å². The molecule has 1 aliphatic rings. The third-order valence-electron chi connectivity index (χ3n) is 5.47. The van der Waals surface area contributed by atoms with Crippen molar-refractivity contribution >= 4 is 22.4 Å². The van der Waals surface area contributed by atoms with E-state index < -0.39 is 0 Å².